The van der Waals surface area contributed by atoms with Gasteiger partial charge in [-0.2, -0.15) is 5.26 Å². The quantitative estimate of drug-likeness (QED) is 0.840. The van der Waals surface area contributed by atoms with Gasteiger partial charge in [-0.15, -0.1) is 0 Å². The highest BCUT2D eigenvalue weighted by molar-refractivity contribution is 5.98. The number of carbonyl (C=O) groups excluding carboxylic acids is 1. The van der Waals surface area contributed by atoms with E-state index in [1.807, 2.05) is 24.4 Å². The van der Waals surface area contributed by atoms with Crippen LogP contribution in [0, 0.1) is 11.3 Å². The molecule has 96 valence electrons. The zero-order valence-electron chi connectivity index (χ0n) is 10.3. The second-order valence-corrected chi connectivity index (χ2v) is 4.50. The van der Waals surface area contributed by atoms with E-state index < -0.39 is 6.04 Å². The Bertz CT molecular complexity index is 656. The summed E-state index contributed by atoms with van der Waals surface area (Å²) in [4.78, 5) is 17.1. The molecule has 1 saturated heterocycles. The number of amides is 1. The molecule has 0 spiro atoms. The Kier molecular flexibility index (Phi) is 2.94. The number of nitrogens with one attached hydrogen (secondary N) is 1. The molecule has 5 nitrogen and oxygen atoms in total. The van der Waals surface area contributed by atoms with Crippen molar-refractivity contribution in [3.8, 4) is 6.07 Å². The van der Waals surface area contributed by atoms with E-state index in [-0.39, 0.29) is 12.5 Å². The first kappa shape index (κ1) is 11.8. The number of morpholine rings is 1. The highest BCUT2D eigenvalue weighted by atomic mass is 16.5. The van der Waals surface area contributed by atoms with Crippen molar-refractivity contribution >= 4 is 16.8 Å². The zero-order chi connectivity index (χ0) is 13.2. The van der Waals surface area contributed by atoms with Crippen LogP contribution in [0.2, 0.25) is 0 Å². The molecule has 2 aromatic rings. The van der Waals surface area contributed by atoms with Crippen molar-refractivity contribution in [1.29, 1.82) is 5.26 Å². The predicted molar refractivity (Wildman–Crippen MR) is 69.6 cm³/mol. The Morgan fingerprint density at radius 1 is 1.47 bits per heavy atom. The Morgan fingerprint density at radius 3 is 3.21 bits per heavy atom. The summed E-state index contributed by atoms with van der Waals surface area (Å²) < 4.78 is 5.23. The summed E-state index contributed by atoms with van der Waals surface area (Å²) in [7, 11) is 0. The minimum Gasteiger partial charge on any atom is -0.376 e. The molecule has 1 aliphatic heterocycles. The summed E-state index contributed by atoms with van der Waals surface area (Å²) in [6, 6.07) is 9.04. The Morgan fingerprint density at radius 2 is 2.37 bits per heavy atom. The van der Waals surface area contributed by atoms with Crippen LogP contribution in [-0.4, -0.2) is 41.6 Å². The van der Waals surface area contributed by atoms with E-state index in [1.165, 1.54) is 0 Å². The molecule has 1 aromatic heterocycles. The number of H-pyrrole nitrogens is 1. The first-order valence-corrected chi connectivity index (χ1v) is 6.15. The molecule has 0 saturated carbocycles. The van der Waals surface area contributed by atoms with Gasteiger partial charge in [0.2, 0.25) is 0 Å². The van der Waals surface area contributed by atoms with Crippen molar-refractivity contribution in [2.75, 3.05) is 19.8 Å². The molecule has 1 fully saturated rings. The molecule has 5 heteroatoms. The first-order chi connectivity index (χ1) is 9.29. The third-order valence-corrected chi connectivity index (χ3v) is 3.34. The number of ether oxygens (including phenoxy) is 1. The molecule has 2 heterocycles. The van der Waals surface area contributed by atoms with Crippen molar-refractivity contribution in [3.05, 3.63) is 36.0 Å². The number of rotatable bonds is 1. The lowest BCUT2D eigenvalue weighted by Crippen LogP contribution is -2.47. The number of aromatic amines is 1. The Balaban J connectivity index is 1.91. The van der Waals surface area contributed by atoms with Crippen LogP contribution in [0.1, 0.15) is 10.4 Å². The van der Waals surface area contributed by atoms with E-state index >= 15 is 0 Å². The van der Waals surface area contributed by atoms with Crippen LogP contribution in [0.5, 0.6) is 0 Å². The monoisotopic (exact) mass is 255 g/mol. The van der Waals surface area contributed by atoms with Crippen molar-refractivity contribution in [3.63, 3.8) is 0 Å². The molecular formula is C14H13N3O2. The highest BCUT2D eigenvalue weighted by Crippen LogP contribution is 2.17. The predicted octanol–water partition coefficient (Wildman–Crippen LogP) is 1.53. The number of carbonyl (C=O) groups is 1. The summed E-state index contributed by atoms with van der Waals surface area (Å²) in [6.45, 7) is 1.23. The maximum Gasteiger partial charge on any atom is 0.255 e. The van der Waals surface area contributed by atoms with Crippen LogP contribution in [0.15, 0.2) is 30.5 Å². The molecule has 0 aliphatic carbocycles. The summed E-state index contributed by atoms with van der Waals surface area (Å²) in [5.74, 6) is -0.113. The zero-order valence-corrected chi connectivity index (χ0v) is 10.3. The van der Waals surface area contributed by atoms with Gasteiger partial charge in [-0.1, -0.05) is 0 Å². The topological polar surface area (TPSA) is 69.1 Å². The minimum absolute atomic E-state index is 0.113. The van der Waals surface area contributed by atoms with Crippen molar-refractivity contribution in [1.82, 2.24) is 9.88 Å². The number of hydrogen-bond acceptors (Lipinski definition) is 3. The number of hydrogen-bond donors (Lipinski definition) is 1. The maximum absolute atomic E-state index is 12.4. The van der Waals surface area contributed by atoms with Gasteiger partial charge in [0.15, 0.2) is 0 Å². The Hall–Kier alpha value is -2.32. The van der Waals surface area contributed by atoms with Crippen LogP contribution in [0.25, 0.3) is 10.9 Å². The van der Waals surface area contributed by atoms with E-state index in [1.54, 1.807) is 11.0 Å². The Labute approximate surface area is 110 Å². The van der Waals surface area contributed by atoms with Crippen molar-refractivity contribution < 1.29 is 9.53 Å². The number of benzene rings is 1. The lowest BCUT2D eigenvalue weighted by atomic mass is 10.1. The maximum atomic E-state index is 12.4. The molecule has 19 heavy (non-hydrogen) atoms. The molecule has 1 aliphatic rings. The van der Waals surface area contributed by atoms with E-state index in [0.717, 1.165) is 10.9 Å². The fourth-order valence-corrected chi connectivity index (χ4v) is 2.31. The van der Waals surface area contributed by atoms with Gasteiger partial charge in [-0.25, -0.2) is 0 Å². The molecule has 1 unspecified atom stereocenters. The molecule has 1 N–H and O–H groups in total. The van der Waals surface area contributed by atoms with E-state index in [4.69, 9.17) is 10.00 Å². The van der Waals surface area contributed by atoms with E-state index in [2.05, 4.69) is 11.1 Å². The molecule has 0 radical (unpaired) electrons. The number of nitriles is 1. The van der Waals surface area contributed by atoms with Crippen molar-refractivity contribution in [2.45, 2.75) is 6.04 Å². The van der Waals surface area contributed by atoms with Crippen LogP contribution in [0.3, 0.4) is 0 Å². The molecule has 1 atom stereocenters. The summed E-state index contributed by atoms with van der Waals surface area (Å²) in [6.07, 6.45) is 1.84. The van der Waals surface area contributed by atoms with E-state index in [0.29, 0.717) is 18.7 Å². The number of aromatic nitrogens is 1. The summed E-state index contributed by atoms with van der Waals surface area (Å²) >= 11 is 0. The average molecular weight is 255 g/mol. The number of nitrogens with zero attached hydrogens (tertiary/aromatic N) is 2. The van der Waals surface area contributed by atoms with E-state index in [9.17, 15) is 4.79 Å². The standard InChI is InChI=1S/C14H13N3O2/c15-8-12-9-19-6-5-17(12)14(18)11-1-2-13-10(7-11)3-4-16-13/h1-4,7,12,16H,5-6,9H2. The van der Waals surface area contributed by atoms with Gasteiger partial charge < -0.3 is 14.6 Å². The van der Waals surface area contributed by atoms with Crippen LogP contribution in [-0.2, 0) is 4.74 Å². The third-order valence-electron chi connectivity index (χ3n) is 3.34. The molecule has 1 amide bonds. The highest BCUT2D eigenvalue weighted by Gasteiger charge is 2.27. The van der Waals surface area contributed by atoms with Gasteiger partial charge in [0, 0.05) is 29.2 Å². The molecule has 0 bridgehead atoms. The molecule has 3 rings (SSSR count). The van der Waals surface area contributed by atoms with Gasteiger partial charge in [0.25, 0.3) is 5.91 Å². The van der Waals surface area contributed by atoms with Gasteiger partial charge in [0.1, 0.15) is 6.04 Å². The lowest BCUT2D eigenvalue weighted by molar-refractivity contribution is 0.0132. The van der Waals surface area contributed by atoms with Crippen LogP contribution in [0.4, 0.5) is 0 Å². The minimum atomic E-state index is -0.497. The van der Waals surface area contributed by atoms with Gasteiger partial charge in [-0.05, 0) is 24.3 Å². The first-order valence-electron chi connectivity index (χ1n) is 6.15. The average Bonchev–Trinajstić information content (AvgIpc) is 2.93. The van der Waals surface area contributed by atoms with Crippen LogP contribution < -0.4 is 0 Å². The van der Waals surface area contributed by atoms with Crippen LogP contribution >= 0.6 is 0 Å². The second kappa shape index (κ2) is 4.75. The SMILES string of the molecule is N#CC1COCCN1C(=O)c1ccc2[nH]ccc2c1. The third kappa shape index (κ3) is 2.07. The van der Waals surface area contributed by atoms with Crippen molar-refractivity contribution in [2.24, 2.45) is 0 Å². The smallest absolute Gasteiger partial charge is 0.255 e. The fourth-order valence-electron chi connectivity index (χ4n) is 2.31. The second-order valence-electron chi connectivity index (χ2n) is 4.50. The van der Waals surface area contributed by atoms with Gasteiger partial charge in [-0.3, -0.25) is 4.79 Å². The molecular weight excluding hydrogens is 242 g/mol. The van der Waals surface area contributed by atoms with Gasteiger partial charge >= 0.3 is 0 Å². The largest absolute Gasteiger partial charge is 0.376 e. The lowest BCUT2D eigenvalue weighted by Gasteiger charge is -2.31. The normalized spacial score (nSPS) is 19.3. The summed E-state index contributed by atoms with van der Waals surface area (Å²) in [5.41, 5.74) is 1.60. The van der Waals surface area contributed by atoms with Gasteiger partial charge in [0.05, 0.1) is 19.3 Å². The fraction of sp³-hybridized carbons (Fsp3) is 0.286. The molecule has 1 aromatic carbocycles. The number of fused-ring (bicyclic) bond motifs is 1. The summed E-state index contributed by atoms with van der Waals surface area (Å²) in [5, 5.41) is 10.1.